The van der Waals surface area contributed by atoms with Gasteiger partial charge in [-0.25, -0.2) is 5.43 Å². The maximum atomic E-state index is 11.8. The van der Waals surface area contributed by atoms with E-state index in [4.69, 9.17) is 4.74 Å². The Balaban J connectivity index is 2.05. The Morgan fingerprint density at radius 2 is 2.00 bits per heavy atom. The molecule has 2 rings (SSSR count). The lowest BCUT2D eigenvalue weighted by atomic mass is 10.2. The highest BCUT2D eigenvalue weighted by molar-refractivity contribution is 5.97. The van der Waals surface area contributed by atoms with Crippen molar-refractivity contribution >= 4 is 12.1 Å². The van der Waals surface area contributed by atoms with Gasteiger partial charge < -0.3 is 14.9 Å². The first kappa shape index (κ1) is 15.4. The molecule has 0 heterocycles. The highest BCUT2D eigenvalue weighted by Crippen LogP contribution is 2.26. The molecule has 0 fully saturated rings. The fourth-order valence-electron chi connectivity index (χ4n) is 1.77. The molecule has 6 heteroatoms. The van der Waals surface area contributed by atoms with Gasteiger partial charge in [-0.3, -0.25) is 4.79 Å². The molecule has 6 nitrogen and oxygen atoms in total. The average Bonchev–Trinajstić information content (AvgIpc) is 2.51. The topological polar surface area (TPSA) is 91.2 Å². The first-order valence-electron chi connectivity index (χ1n) is 6.69. The monoisotopic (exact) mass is 300 g/mol. The number of rotatable bonds is 5. The molecule has 0 saturated carbocycles. The number of nitrogens with zero attached hydrogens (tertiary/aromatic N) is 1. The largest absolute Gasteiger partial charge is 0.507 e. The lowest BCUT2D eigenvalue weighted by Gasteiger charge is -2.06. The summed E-state index contributed by atoms with van der Waals surface area (Å²) >= 11 is 0. The Hall–Kier alpha value is -3.02. The number of phenols is 2. The van der Waals surface area contributed by atoms with Crippen LogP contribution in [0.3, 0.4) is 0 Å². The molecule has 114 valence electrons. The number of hydrogen-bond donors (Lipinski definition) is 3. The van der Waals surface area contributed by atoms with E-state index in [0.29, 0.717) is 17.9 Å². The quantitative estimate of drug-likeness (QED) is 0.583. The van der Waals surface area contributed by atoms with Gasteiger partial charge in [-0.15, -0.1) is 0 Å². The number of aromatic hydroxyl groups is 2. The number of ether oxygens (including phenoxy) is 1. The minimum atomic E-state index is -0.516. The van der Waals surface area contributed by atoms with Crippen molar-refractivity contribution in [2.24, 2.45) is 5.10 Å². The molecule has 0 saturated heterocycles. The van der Waals surface area contributed by atoms with Crippen molar-refractivity contribution < 1.29 is 19.7 Å². The number of carbonyl (C=O) groups excluding carboxylic acids is 1. The van der Waals surface area contributed by atoms with Crippen LogP contribution in [-0.2, 0) is 0 Å². The molecule has 3 N–H and O–H groups in total. The lowest BCUT2D eigenvalue weighted by Crippen LogP contribution is -2.17. The summed E-state index contributed by atoms with van der Waals surface area (Å²) in [5.74, 6) is -0.243. The van der Waals surface area contributed by atoms with Gasteiger partial charge in [0.1, 0.15) is 5.75 Å². The normalized spacial score (nSPS) is 10.6. The Morgan fingerprint density at radius 3 is 2.73 bits per heavy atom. The molecule has 2 aromatic carbocycles. The van der Waals surface area contributed by atoms with E-state index in [9.17, 15) is 15.0 Å². The summed E-state index contributed by atoms with van der Waals surface area (Å²) < 4.78 is 5.26. The molecule has 0 aliphatic rings. The van der Waals surface area contributed by atoms with E-state index in [-0.39, 0.29) is 17.1 Å². The minimum absolute atomic E-state index is 0.0391. The van der Waals surface area contributed by atoms with E-state index in [1.165, 1.54) is 24.4 Å². The van der Waals surface area contributed by atoms with Crippen molar-refractivity contribution in [2.45, 2.75) is 6.92 Å². The van der Waals surface area contributed by atoms with Gasteiger partial charge in [-0.05, 0) is 42.8 Å². The molecule has 0 aliphatic heterocycles. The minimum Gasteiger partial charge on any atom is -0.507 e. The van der Waals surface area contributed by atoms with Crippen molar-refractivity contribution in [2.75, 3.05) is 6.61 Å². The van der Waals surface area contributed by atoms with Crippen LogP contribution in [0.2, 0.25) is 0 Å². The first-order valence-corrected chi connectivity index (χ1v) is 6.69. The third-order valence-corrected chi connectivity index (χ3v) is 2.81. The van der Waals surface area contributed by atoms with Gasteiger partial charge in [0.05, 0.1) is 18.4 Å². The number of phenolic OH excluding ortho intramolecular Hbond substituents is 2. The number of nitrogens with one attached hydrogen (secondary N) is 1. The van der Waals surface area contributed by atoms with Crippen LogP contribution in [0.4, 0.5) is 0 Å². The fraction of sp³-hybridized carbons (Fsp3) is 0.125. The zero-order valence-corrected chi connectivity index (χ0v) is 12.0. The van der Waals surface area contributed by atoms with E-state index < -0.39 is 5.91 Å². The summed E-state index contributed by atoms with van der Waals surface area (Å²) in [5.41, 5.74) is 3.11. The second-order valence-electron chi connectivity index (χ2n) is 4.38. The molecule has 0 radical (unpaired) electrons. The summed E-state index contributed by atoms with van der Waals surface area (Å²) in [7, 11) is 0. The van der Waals surface area contributed by atoms with Crippen molar-refractivity contribution in [1.82, 2.24) is 5.43 Å². The second-order valence-corrected chi connectivity index (χ2v) is 4.38. The standard InChI is InChI=1S/C16H16N2O4/c1-2-22-15-9-11(7-8-14(15)20)10-17-18-16(21)12-5-3-4-6-13(12)19/h3-10,19-20H,2H2,1H3,(H,18,21)/b17-10+. The van der Waals surface area contributed by atoms with Crippen molar-refractivity contribution in [3.05, 3.63) is 53.6 Å². The molecule has 0 aromatic heterocycles. The number of benzene rings is 2. The van der Waals surface area contributed by atoms with Crippen LogP contribution >= 0.6 is 0 Å². The predicted molar refractivity (Wildman–Crippen MR) is 82.4 cm³/mol. The van der Waals surface area contributed by atoms with E-state index >= 15 is 0 Å². The van der Waals surface area contributed by atoms with Gasteiger partial charge in [0.2, 0.25) is 0 Å². The Morgan fingerprint density at radius 1 is 1.23 bits per heavy atom. The average molecular weight is 300 g/mol. The van der Waals surface area contributed by atoms with Crippen LogP contribution in [0.15, 0.2) is 47.6 Å². The molecule has 0 spiro atoms. The van der Waals surface area contributed by atoms with E-state index in [1.807, 2.05) is 6.92 Å². The third-order valence-electron chi connectivity index (χ3n) is 2.81. The SMILES string of the molecule is CCOc1cc(/C=N/NC(=O)c2ccccc2O)ccc1O. The summed E-state index contributed by atoms with van der Waals surface area (Å²) in [6, 6.07) is 10.9. The molecule has 0 bridgehead atoms. The summed E-state index contributed by atoms with van der Waals surface area (Å²) in [6.07, 6.45) is 1.42. The maximum absolute atomic E-state index is 11.8. The first-order chi connectivity index (χ1) is 10.6. The number of hydrogen-bond acceptors (Lipinski definition) is 5. The maximum Gasteiger partial charge on any atom is 0.275 e. The van der Waals surface area contributed by atoms with Crippen molar-refractivity contribution in [3.8, 4) is 17.2 Å². The molecule has 1 amide bonds. The van der Waals surface area contributed by atoms with Crippen LogP contribution in [0.25, 0.3) is 0 Å². The molecule has 0 atom stereocenters. The lowest BCUT2D eigenvalue weighted by molar-refractivity contribution is 0.0952. The third kappa shape index (κ3) is 3.76. The number of amides is 1. The van der Waals surface area contributed by atoms with Crippen LogP contribution in [0.5, 0.6) is 17.2 Å². The number of hydrazone groups is 1. The Bertz CT molecular complexity index is 698. The summed E-state index contributed by atoms with van der Waals surface area (Å²) in [6.45, 7) is 2.24. The van der Waals surface area contributed by atoms with E-state index in [0.717, 1.165) is 0 Å². The van der Waals surface area contributed by atoms with Crippen LogP contribution in [0.1, 0.15) is 22.8 Å². The predicted octanol–water partition coefficient (Wildman–Crippen LogP) is 2.26. The summed E-state index contributed by atoms with van der Waals surface area (Å²) in [5, 5.41) is 23.0. The molecular formula is C16H16N2O4. The van der Waals surface area contributed by atoms with Gasteiger partial charge >= 0.3 is 0 Å². The number of para-hydroxylation sites is 1. The van der Waals surface area contributed by atoms with Gasteiger partial charge in [-0.1, -0.05) is 12.1 Å². The molecule has 22 heavy (non-hydrogen) atoms. The van der Waals surface area contributed by atoms with Crippen molar-refractivity contribution in [3.63, 3.8) is 0 Å². The van der Waals surface area contributed by atoms with E-state index in [1.54, 1.807) is 24.3 Å². The van der Waals surface area contributed by atoms with Gasteiger partial charge in [0, 0.05) is 0 Å². The van der Waals surface area contributed by atoms with Gasteiger partial charge in [-0.2, -0.15) is 5.10 Å². The molecule has 0 unspecified atom stereocenters. The summed E-state index contributed by atoms with van der Waals surface area (Å²) in [4.78, 5) is 11.8. The highest BCUT2D eigenvalue weighted by Gasteiger charge is 2.08. The number of carbonyl (C=O) groups is 1. The molecular weight excluding hydrogens is 284 g/mol. The van der Waals surface area contributed by atoms with Gasteiger partial charge in [0.15, 0.2) is 11.5 Å². The Labute approximate surface area is 127 Å². The fourth-order valence-corrected chi connectivity index (χ4v) is 1.77. The smallest absolute Gasteiger partial charge is 0.275 e. The van der Waals surface area contributed by atoms with Crippen molar-refractivity contribution in [1.29, 1.82) is 0 Å². The molecule has 0 aliphatic carbocycles. The van der Waals surface area contributed by atoms with Crippen LogP contribution in [-0.4, -0.2) is 28.9 Å². The van der Waals surface area contributed by atoms with Crippen LogP contribution in [0, 0.1) is 0 Å². The Kier molecular flexibility index (Phi) is 4.98. The zero-order chi connectivity index (χ0) is 15.9. The second kappa shape index (κ2) is 7.12. The highest BCUT2D eigenvalue weighted by atomic mass is 16.5. The van der Waals surface area contributed by atoms with E-state index in [2.05, 4.69) is 10.5 Å². The molecule has 2 aromatic rings. The van der Waals surface area contributed by atoms with Gasteiger partial charge in [0.25, 0.3) is 5.91 Å². The zero-order valence-electron chi connectivity index (χ0n) is 12.0. The van der Waals surface area contributed by atoms with Crippen LogP contribution < -0.4 is 10.2 Å².